The zero-order valence-corrected chi connectivity index (χ0v) is 21.9. The Balaban J connectivity index is 1.57. The van der Waals surface area contributed by atoms with E-state index < -0.39 is 29.9 Å². The molecule has 0 unspecified atom stereocenters. The molecule has 0 bridgehead atoms. The number of hydrogen-bond donors (Lipinski definition) is 2. The molecule has 4 rings (SSSR count). The van der Waals surface area contributed by atoms with Gasteiger partial charge < -0.3 is 0 Å². The molecule has 0 aliphatic carbocycles. The molecule has 0 saturated heterocycles. The van der Waals surface area contributed by atoms with Gasteiger partial charge in [-0.1, -0.05) is 72.8 Å². The number of benzene rings is 4. The highest BCUT2D eigenvalue weighted by atomic mass is 32.2. The molecule has 0 saturated carbocycles. The van der Waals surface area contributed by atoms with Crippen molar-refractivity contribution in [3.05, 3.63) is 120 Å². The maximum absolute atomic E-state index is 13.3. The van der Waals surface area contributed by atoms with Gasteiger partial charge in [0, 0.05) is 13.1 Å². The van der Waals surface area contributed by atoms with Crippen molar-refractivity contribution in [3.8, 4) is 0 Å². The normalized spacial score (nSPS) is 12.3. The summed E-state index contributed by atoms with van der Waals surface area (Å²) in [5, 5.41) is 0. The largest absolute Gasteiger partial charge is 0.240 e. The van der Waals surface area contributed by atoms with Crippen LogP contribution in [0.1, 0.15) is 11.1 Å². The van der Waals surface area contributed by atoms with Crippen molar-refractivity contribution < 1.29 is 25.3 Å². The lowest BCUT2D eigenvalue weighted by Gasteiger charge is -2.11. The molecule has 4 aromatic rings. The molecule has 0 radical (unpaired) electrons. The van der Waals surface area contributed by atoms with Gasteiger partial charge in [-0.05, 0) is 47.5 Å². The van der Waals surface area contributed by atoms with Crippen LogP contribution in [-0.2, 0) is 43.0 Å². The van der Waals surface area contributed by atoms with Crippen molar-refractivity contribution in [3.63, 3.8) is 0 Å². The fourth-order valence-corrected chi connectivity index (χ4v) is 7.10. The summed E-state index contributed by atoms with van der Waals surface area (Å²) in [5.74, 6) is 0. The zero-order valence-electron chi connectivity index (χ0n) is 19.5. The van der Waals surface area contributed by atoms with Gasteiger partial charge in [0.1, 0.15) is 0 Å². The summed E-state index contributed by atoms with van der Waals surface area (Å²) in [6, 6.07) is 27.7. The van der Waals surface area contributed by atoms with Gasteiger partial charge in [0.15, 0.2) is 0 Å². The van der Waals surface area contributed by atoms with Gasteiger partial charge >= 0.3 is 0 Å². The lowest BCUT2D eigenvalue weighted by Crippen LogP contribution is -2.23. The van der Waals surface area contributed by atoms with Gasteiger partial charge in [0.2, 0.25) is 29.9 Å². The second-order valence-electron chi connectivity index (χ2n) is 8.07. The van der Waals surface area contributed by atoms with Gasteiger partial charge in [0.25, 0.3) is 0 Å². The van der Waals surface area contributed by atoms with Crippen LogP contribution in [-0.4, -0.2) is 25.3 Å². The van der Waals surface area contributed by atoms with Crippen LogP contribution < -0.4 is 9.44 Å². The van der Waals surface area contributed by atoms with Gasteiger partial charge in [-0.2, -0.15) is 0 Å². The molecule has 0 amide bonds. The minimum absolute atomic E-state index is 0.0377. The van der Waals surface area contributed by atoms with Crippen LogP contribution in [0.15, 0.2) is 129 Å². The van der Waals surface area contributed by atoms with Crippen LogP contribution in [0.2, 0.25) is 0 Å². The maximum atomic E-state index is 13.3. The van der Waals surface area contributed by atoms with Crippen molar-refractivity contribution in [2.75, 3.05) is 0 Å². The third-order valence-corrected chi connectivity index (χ3v) is 10.0. The number of sulfone groups is 1. The molecule has 0 aromatic heterocycles. The topological polar surface area (TPSA) is 126 Å². The second-order valence-corrected chi connectivity index (χ2v) is 13.6. The van der Waals surface area contributed by atoms with Crippen molar-refractivity contribution in [1.29, 1.82) is 0 Å². The second kappa shape index (κ2) is 11.0. The molecule has 37 heavy (non-hydrogen) atoms. The summed E-state index contributed by atoms with van der Waals surface area (Å²) in [6.45, 7) is 0.0755. The van der Waals surface area contributed by atoms with E-state index in [4.69, 9.17) is 0 Å². The Morgan fingerprint density at radius 3 is 1.16 bits per heavy atom. The summed E-state index contributed by atoms with van der Waals surface area (Å²) in [4.78, 5) is -1.00. The molecule has 0 atom stereocenters. The van der Waals surface area contributed by atoms with E-state index >= 15 is 0 Å². The predicted molar refractivity (Wildman–Crippen MR) is 139 cm³/mol. The van der Waals surface area contributed by atoms with Crippen LogP contribution in [0, 0.1) is 0 Å². The van der Waals surface area contributed by atoms with E-state index in [1.807, 2.05) is 12.1 Å². The molecule has 0 heterocycles. The minimum atomic E-state index is -4.22. The molecule has 4 aromatic carbocycles. The van der Waals surface area contributed by atoms with Gasteiger partial charge in [0.05, 0.1) is 19.6 Å². The Bertz CT molecular complexity index is 1580. The predicted octanol–water partition coefficient (Wildman–Crippen LogP) is 3.48. The fraction of sp³-hybridized carbons (Fsp3) is 0.0769. The molecule has 0 spiro atoms. The number of rotatable bonds is 10. The summed E-state index contributed by atoms with van der Waals surface area (Å²) >= 11 is 0. The Hall–Kier alpha value is -3.35. The minimum Gasteiger partial charge on any atom is -0.219 e. The quantitative estimate of drug-likeness (QED) is 0.308. The Kier molecular flexibility index (Phi) is 7.90. The molecule has 2 N–H and O–H groups in total. The van der Waals surface area contributed by atoms with Crippen LogP contribution >= 0.6 is 0 Å². The standard InChI is InChI=1S/C26H24N2O6S3/c29-35(30,23-13-7-15-25(17-23)36(31,32)27-19-21-9-3-1-4-10-21)24-14-8-16-26(18-24)37(33,34)28-20-22-11-5-2-6-12-22/h1-18,27-28H,19-20H2. The van der Waals surface area contributed by atoms with E-state index in [9.17, 15) is 25.3 Å². The average Bonchev–Trinajstić information content (AvgIpc) is 2.92. The van der Waals surface area contributed by atoms with E-state index in [1.54, 1.807) is 48.5 Å². The molecule has 192 valence electrons. The average molecular weight is 557 g/mol. The van der Waals surface area contributed by atoms with Crippen LogP contribution in [0.3, 0.4) is 0 Å². The molecule has 8 nitrogen and oxygen atoms in total. The van der Waals surface area contributed by atoms with E-state index in [0.29, 0.717) is 0 Å². The molecule has 0 aliphatic heterocycles. The number of hydrogen-bond acceptors (Lipinski definition) is 6. The number of nitrogens with one attached hydrogen (secondary N) is 2. The highest BCUT2D eigenvalue weighted by Crippen LogP contribution is 2.25. The summed E-state index contributed by atoms with van der Waals surface area (Å²) < 4.78 is 82.8. The zero-order chi connectivity index (χ0) is 26.5. The van der Waals surface area contributed by atoms with Gasteiger partial charge in [-0.15, -0.1) is 0 Å². The fourth-order valence-electron chi connectivity index (χ4n) is 3.47. The summed E-state index contributed by atoms with van der Waals surface area (Å²) in [7, 11) is -12.2. The van der Waals surface area contributed by atoms with Crippen molar-refractivity contribution in [2.45, 2.75) is 32.7 Å². The van der Waals surface area contributed by atoms with Crippen LogP contribution in [0.4, 0.5) is 0 Å². The van der Waals surface area contributed by atoms with E-state index in [2.05, 4.69) is 9.44 Å². The molecule has 0 fully saturated rings. The monoisotopic (exact) mass is 556 g/mol. The van der Waals surface area contributed by atoms with Crippen molar-refractivity contribution in [1.82, 2.24) is 9.44 Å². The lowest BCUT2D eigenvalue weighted by molar-refractivity contribution is 0.579. The smallest absolute Gasteiger partial charge is 0.219 e. The lowest BCUT2D eigenvalue weighted by atomic mass is 10.2. The Labute approximate surface area is 217 Å². The first-order chi connectivity index (χ1) is 17.6. The first kappa shape index (κ1) is 26.7. The summed E-state index contributed by atoms with van der Waals surface area (Å²) in [6.07, 6.45) is 0. The third kappa shape index (κ3) is 6.51. The Morgan fingerprint density at radius 1 is 0.432 bits per heavy atom. The van der Waals surface area contributed by atoms with Gasteiger partial charge in [-0.3, -0.25) is 0 Å². The van der Waals surface area contributed by atoms with Crippen molar-refractivity contribution >= 4 is 29.9 Å². The first-order valence-corrected chi connectivity index (χ1v) is 15.6. The molecular weight excluding hydrogens is 532 g/mol. The van der Waals surface area contributed by atoms with Crippen molar-refractivity contribution in [2.24, 2.45) is 0 Å². The maximum Gasteiger partial charge on any atom is 0.240 e. The molecular formula is C26H24N2O6S3. The highest BCUT2D eigenvalue weighted by molar-refractivity contribution is 7.92. The van der Waals surface area contributed by atoms with Crippen LogP contribution in [0.25, 0.3) is 0 Å². The Morgan fingerprint density at radius 2 is 0.784 bits per heavy atom. The highest BCUT2D eigenvalue weighted by Gasteiger charge is 2.24. The summed E-state index contributed by atoms with van der Waals surface area (Å²) in [5.41, 5.74) is 1.49. The SMILES string of the molecule is O=S(=O)(NCc1ccccc1)c1cccc(S(=O)(=O)c2cccc(S(=O)(=O)NCc3ccccc3)c2)c1. The van der Waals surface area contributed by atoms with E-state index in [1.165, 1.54) is 36.4 Å². The number of sulfonamides is 2. The first-order valence-electron chi connectivity index (χ1n) is 11.1. The molecule has 0 aliphatic rings. The van der Waals surface area contributed by atoms with Crippen LogP contribution in [0.5, 0.6) is 0 Å². The third-order valence-electron chi connectivity index (χ3n) is 5.47. The molecule has 11 heteroatoms. The van der Waals surface area contributed by atoms with E-state index in [0.717, 1.165) is 23.3 Å². The van der Waals surface area contributed by atoms with Gasteiger partial charge in [-0.25, -0.2) is 34.7 Å². The van der Waals surface area contributed by atoms with E-state index in [-0.39, 0.29) is 32.7 Å².